The van der Waals surface area contributed by atoms with Crippen molar-refractivity contribution in [2.24, 2.45) is 0 Å². The van der Waals surface area contributed by atoms with Crippen LogP contribution in [-0.4, -0.2) is 8.42 Å². The number of benzene rings is 2. The van der Waals surface area contributed by atoms with Gasteiger partial charge in [0.1, 0.15) is 6.61 Å². The first-order valence-corrected chi connectivity index (χ1v) is 9.02. The van der Waals surface area contributed by atoms with Crippen molar-refractivity contribution in [3.05, 3.63) is 57.0 Å². The van der Waals surface area contributed by atoms with Gasteiger partial charge in [-0.2, -0.15) is 0 Å². The third kappa shape index (κ3) is 4.41. The molecular formula is C13H8Cl4O3S. The van der Waals surface area contributed by atoms with Crippen LogP contribution in [0.1, 0.15) is 5.56 Å². The molecule has 0 fully saturated rings. The van der Waals surface area contributed by atoms with Crippen LogP contribution in [0.4, 0.5) is 0 Å². The molecule has 0 radical (unpaired) electrons. The Bertz CT molecular complexity index is 734. The highest BCUT2D eigenvalue weighted by atomic mass is 35.7. The molecule has 0 aliphatic heterocycles. The van der Waals surface area contributed by atoms with Crippen molar-refractivity contribution in [2.75, 3.05) is 0 Å². The summed E-state index contributed by atoms with van der Waals surface area (Å²) in [6.45, 7) is 0.212. The molecule has 0 saturated heterocycles. The second kappa shape index (κ2) is 6.63. The van der Waals surface area contributed by atoms with Gasteiger partial charge in [0.05, 0.1) is 14.9 Å². The zero-order valence-corrected chi connectivity index (χ0v) is 14.2. The van der Waals surface area contributed by atoms with Crippen LogP contribution in [0.25, 0.3) is 0 Å². The van der Waals surface area contributed by atoms with Gasteiger partial charge in [-0.3, -0.25) is 0 Å². The van der Waals surface area contributed by atoms with Crippen molar-refractivity contribution in [3.8, 4) is 5.75 Å². The minimum atomic E-state index is -3.90. The molecule has 3 nitrogen and oxygen atoms in total. The lowest BCUT2D eigenvalue weighted by atomic mass is 10.2. The summed E-state index contributed by atoms with van der Waals surface area (Å²) in [5, 5.41) is 0.748. The summed E-state index contributed by atoms with van der Waals surface area (Å²) in [5.41, 5.74) is 0.862. The van der Waals surface area contributed by atoms with Crippen molar-refractivity contribution in [3.63, 3.8) is 0 Å². The summed E-state index contributed by atoms with van der Waals surface area (Å²) in [4.78, 5) is -0.182. The lowest BCUT2D eigenvalue weighted by molar-refractivity contribution is 0.306. The third-order valence-electron chi connectivity index (χ3n) is 2.55. The summed E-state index contributed by atoms with van der Waals surface area (Å²) in [6.07, 6.45) is 0. The Morgan fingerprint density at radius 3 is 1.95 bits per heavy atom. The molecule has 2 aromatic rings. The number of hydrogen-bond acceptors (Lipinski definition) is 3. The third-order valence-corrected chi connectivity index (χ3v) is 4.70. The fraction of sp³-hybridized carbons (Fsp3) is 0.0769. The molecule has 0 heterocycles. The molecule has 2 aromatic carbocycles. The minimum Gasteiger partial charge on any atom is -0.486 e. The molecule has 0 N–H and O–H groups in total. The number of ether oxygens (including phenoxy) is 1. The molecule has 112 valence electrons. The van der Waals surface area contributed by atoms with Crippen LogP contribution in [0.3, 0.4) is 0 Å². The zero-order chi connectivity index (χ0) is 15.6. The topological polar surface area (TPSA) is 43.4 Å². The van der Waals surface area contributed by atoms with E-state index in [9.17, 15) is 8.42 Å². The second-order valence-corrected chi connectivity index (χ2v) is 7.89. The number of hydrogen-bond donors (Lipinski definition) is 0. The average Bonchev–Trinajstić information content (AvgIpc) is 2.38. The van der Waals surface area contributed by atoms with Crippen molar-refractivity contribution in [1.82, 2.24) is 0 Å². The molecular weight excluding hydrogens is 378 g/mol. The zero-order valence-electron chi connectivity index (χ0n) is 10.3. The number of halogens is 4. The van der Waals surface area contributed by atoms with E-state index in [1.807, 2.05) is 0 Å². The van der Waals surface area contributed by atoms with E-state index < -0.39 is 9.05 Å². The molecule has 8 heteroatoms. The van der Waals surface area contributed by atoms with Crippen LogP contribution in [-0.2, 0) is 15.7 Å². The van der Waals surface area contributed by atoms with Gasteiger partial charge in [0.25, 0.3) is 9.05 Å². The van der Waals surface area contributed by atoms with Crippen molar-refractivity contribution in [2.45, 2.75) is 11.5 Å². The van der Waals surface area contributed by atoms with Gasteiger partial charge in [0.15, 0.2) is 5.75 Å². The van der Waals surface area contributed by atoms with Gasteiger partial charge in [0, 0.05) is 15.7 Å². The Morgan fingerprint density at radius 2 is 1.48 bits per heavy atom. The van der Waals surface area contributed by atoms with E-state index in [1.54, 1.807) is 24.3 Å². The molecule has 0 spiro atoms. The quantitative estimate of drug-likeness (QED) is 0.683. The Kier molecular flexibility index (Phi) is 5.28. The van der Waals surface area contributed by atoms with Crippen molar-refractivity contribution in [1.29, 1.82) is 0 Å². The normalized spacial score (nSPS) is 11.4. The molecule has 0 aliphatic carbocycles. The van der Waals surface area contributed by atoms with E-state index >= 15 is 0 Å². The Labute approximate surface area is 141 Å². The summed E-state index contributed by atoms with van der Waals surface area (Å²) >= 11 is 17.7. The maximum atomic E-state index is 11.3. The predicted octanol–water partition coefficient (Wildman–Crippen LogP) is 5.15. The lowest BCUT2D eigenvalue weighted by Gasteiger charge is -2.11. The lowest BCUT2D eigenvalue weighted by Crippen LogP contribution is -1.98. The molecule has 0 aromatic heterocycles. The van der Waals surface area contributed by atoms with Gasteiger partial charge in [-0.25, -0.2) is 8.42 Å². The SMILES string of the molecule is O=S(=O)(Cl)c1cc(Cl)c(OCc2ccc(Cl)cc2)c(Cl)c1. The highest BCUT2D eigenvalue weighted by Crippen LogP contribution is 2.36. The Hall–Kier alpha value is -0.650. The largest absolute Gasteiger partial charge is 0.486 e. The van der Waals surface area contributed by atoms with Crippen LogP contribution < -0.4 is 4.74 Å². The summed E-state index contributed by atoms with van der Waals surface area (Å²) in [5.74, 6) is 0.192. The minimum absolute atomic E-state index is 0.0655. The summed E-state index contributed by atoms with van der Waals surface area (Å²) < 4.78 is 28.0. The maximum absolute atomic E-state index is 11.3. The van der Waals surface area contributed by atoms with E-state index in [4.69, 9.17) is 50.2 Å². The van der Waals surface area contributed by atoms with Crippen LogP contribution in [0, 0.1) is 0 Å². The van der Waals surface area contributed by atoms with Crippen LogP contribution >= 0.6 is 45.5 Å². The van der Waals surface area contributed by atoms with E-state index in [2.05, 4.69) is 0 Å². The highest BCUT2D eigenvalue weighted by Gasteiger charge is 2.17. The molecule has 0 unspecified atom stereocenters. The monoisotopic (exact) mass is 384 g/mol. The van der Waals surface area contributed by atoms with Crippen molar-refractivity contribution >= 4 is 54.5 Å². The molecule has 0 amide bonds. The van der Waals surface area contributed by atoms with Crippen LogP contribution in [0.2, 0.25) is 15.1 Å². The van der Waals surface area contributed by atoms with Gasteiger partial charge in [-0.05, 0) is 29.8 Å². The summed E-state index contributed by atoms with van der Waals surface area (Å²) in [6, 6.07) is 9.42. The van der Waals surface area contributed by atoms with Gasteiger partial charge in [0.2, 0.25) is 0 Å². The van der Waals surface area contributed by atoms with Crippen molar-refractivity contribution < 1.29 is 13.2 Å². The van der Waals surface area contributed by atoms with E-state index in [0.717, 1.165) is 5.56 Å². The predicted molar refractivity (Wildman–Crippen MR) is 85.3 cm³/mol. The number of rotatable bonds is 4. The van der Waals surface area contributed by atoms with E-state index in [0.29, 0.717) is 5.02 Å². The summed E-state index contributed by atoms with van der Waals surface area (Å²) in [7, 11) is 1.34. The molecule has 0 aliphatic rings. The van der Waals surface area contributed by atoms with Crippen LogP contribution in [0.5, 0.6) is 5.75 Å². The fourth-order valence-corrected chi connectivity index (χ4v) is 3.19. The first kappa shape index (κ1) is 16.7. The second-order valence-electron chi connectivity index (χ2n) is 4.07. The van der Waals surface area contributed by atoms with E-state index in [1.165, 1.54) is 12.1 Å². The average molecular weight is 386 g/mol. The molecule has 0 saturated carbocycles. The Morgan fingerprint density at radius 1 is 0.952 bits per heavy atom. The van der Waals surface area contributed by atoms with Gasteiger partial charge in [-0.15, -0.1) is 0 Å². The van der Waals surface area contributed by atoms with Gasteiger partial charge < -0.3 is 4.74 Å². The first-order chi connectivity index (χ1) is 9.77. The Balaban J connectivity index is 2.23. The molecule has 0 bridgehead atoms. The van der Waals surface area contributed by atoms with Gasteiger partial charge in [-0.1, -0.05) is 46.9 Å². The van der Waals surface area contributed by atoms with E-state index in [-0.39, 0.29) is 27.3 Å². The molecule has 21 heavy (non-hydrogen) atoms. The highest BCUT2D eigenvalue weighted by molar-refractivity contribution is 8.13. The van der Waals surface area contributed by atoms with Crippen LogP contribution in [0.15, 0.2) is 41.3 Å². The first-order valence-electron chi connectivity index (χ1n) is 5.58. The maximum Gasteiger partial charge on any atom is 0.261 e. The van der Waals surface area contributed by atoms with Gasteiger partial charge >= 0.3 is 0 Å². The fourth-order valence-electron chi connectivity index (χ4n) is 1.55. The molecule has 0 atom stereocenters. The standard InChI is InChI=1S/C13H8Cl4O3S/c14-9-3-1-8(2-4-9)7-20-13-11(15)5-10(6-12(13)16)21(17,18)19/h1-6H,7H2. The smallest absolute Gasteiger partial charge is 0.261 e. The molecule has 2 rings (SSSR count).